The highest BCUT2D eigenvalue weighted by molar-refractivity contribution is 5.72. The van der Waals surface area contributed by atoms with Gasteiger partial charge in [-0.3, -0.25) is 0 Å². The zero-order chi connectivity index (χ0) is 11.9. The van der Waals surface area contributed by atoms with Crippen LogP contribution in [0.5, 0.6) is 0 Å². The molecule has 0 radical (unpaired) electrons. The summed E-state index contributed by atoms with van der Waals surface area (Å²) in [5, 5.41) is 23.4. The van der Waals surface area contributed by atoms with Crippen LogP contribution in [0.1, 0.15) is 24.4 Å². The largest absolute Gasteiger partial charge is 0.480 e. The third kappa shape index (κ3) is 1.75. The molecule has 1 fully saturated rings. The number of carboxylic acids is 1. The van der Waals surface area contributed by atoms with Crippen molar-refractivity contribution < 1.29 is 14.8 Å². The lowest BCUT2D eigenvalue weighted by Gasteiger charge is -2.06. The van der Waals surface area contributed by atoms with Crippen molar-refractivity contribution in [2.45, 2.75) is 25.8 Å². The van der Waals surface area contributed by atoms with Gasteiger partial charge in [-0.1, -0.05) is 0 Å². The van der Waals surface area contributed by atoms with Crippen molar-refractivity contribution in [3.05, 3.63) is 21.9 Å². The van der Waals surface area contributed by atoms with Gasteiger partial charge in [0, 0.05) is 0 Å². The van der Waals surface area contributed by atoms with Crippen LogP contribution in [-0.4, -0.2) is 25.8 Å². The summed E-state index contributed by atoms with van der Waals surface area (Å²) >= 11 is 0. The van der Waals surface area contributed by atoms with Crippen LogP contribution < -0.4 is 0 Å². The molecule has 1 aromatic heterocycles. The molecule has 1 unspecified atom stereocenters. The average molecular weight is 225 g/mol. The molecule has 0 saturated heterocycles. The molecule has 7 nitrogen and oxygen atoms in total. The van der Waals surface area contributed by atoms with E-state index >= 15 is 0 Å². The average Bonchev–Trinajstić information content (AvgIpc) is 2.89. The highest BCUT2D eigenvalue weighted by Gasteiger charge is 2.40. The first kappa shape index (κ1) is 10.6. The summed E-state index contributed by atoms with van der Waals surface area (Å²) in [5.41, 5.74) is 0.386. The van der Waals surface area contributed by atoms with E-state index < -0.39 is 16.9 Å². The summed E-state index contributed by atoms with van der Waals surface area (Å²) in [5.74, 6) is -1.21. The standard InChI is InChI=1S/C9H11N3O4/c1-5-4-11(10-8(5)12(15)16)7(9(13)14)6-2-3-6/h4,6-7H,2-3H2,1H3,(H,13,14). The maximum atomic E-state index is 11.0. The summed E-state index contributed by atoms with van der Waals surface area (Å²) in [6.45, 7) is 1.55. The number of aliphatic carboxylic acids is 1. The summed E-state index contributed by atoms with van der Waals surface area (Å²) in [6, 6.07) is -0.771. The highest BCUT2D eigenvalue weighted by atomic mass is 16.6. The van der Waals surface area contributed by atoms with Crippen LogP contribution in [0.4, 0.5) is 5.82 Å². The summed E-state index contributed by atoms with van der Waals surface area (Å²) < 4.78 is 1.20. The van der Waals surface area contributed by atoms with Crippen molar-refractivity contribution >= 4 is 11.8 Å². The molecule has 1 aliphatic carbocycles. The molecule has 1 heterocycles. The van der Waals surface area contributed by atoms with Gasteiger partial charge in [0.25, 0.3) is 0 Å². The van der Waals surface area contributed by atoms with Gasteiger partial charge in [0.2, 0.25) is 0 Å². The Labute approximate surface area is 90.8 Å². The van der Waals surface area contributed by atoms with E-state index in [4.69, 9.17) is 5.11 Å². The number of nitro groups is 1. The normalized spacial score (nSPS) is 17.1. The quantitative estimate of drug-likeness (QED) is 0.611. The predicted octanol–water partition coefficient (Wildman–Crippen LogP) is 1.14. The maximum absolute atomic E-state index is 11.0. The van der Waals surface area contributed by atoms with E-state index in [0.29, 0.717) is 5.56 Å². The third-order valence-corrected chi connectivity index (χ3v) is 2.67. The molecule has 1 aliphatic rings. The highest BCUT2D eigenvalue weighted by Crippen LogP contribution is 2.40. The minimum Gasteiger partial charge on any atom is -0.480 e. The summed E-state index contributed by atoms with van der Waals surface area (Å²) in [6.07, 6.45) is 3.10. The number of aryl methyl sites for hydroxylation is 1. The van der Waals surface area contributed by atoms with Crippen LogP contribution in [-0.2, 0) is 4.79 Å². The molecule has 0 spiro atoms. The zero-order valence-electron chi connectivity index (χ0n) is 8.66. The van der Waals surface area contributed by atoms with Crippen molar-refractivity contribution in [1.82, 2.24) is 9.78 Å². The molecule has 0 amide bonds. The molecule has 1 aromatic rings. The summed E-state index contributed by atoms with van der Waals surface area (Å²) in [7, 11) is 0. The van der Waals surface area contributed by atoms with Crippen molar-refractivity contribution in [2.75, 3.05) is 0 Å². The van der Waals surface area contributed by atoms with E-state index in [2.05, 4.69) is 5.10 Å². The fraction of sp³-hybridized carbons (Fsp3) is 0.556. The van der Waals surface area contributed by atoms with Crippen molar-refractivity contribution in [3.63, 3.8) is 0 Å². The molecule has 1 saturated carbocycles. The number of carboxylic acid groups (broad SMARTS) is 1. The van der Waals surface area contributed by atoms with Gasteiger partial charge in [0.1, 0.15) is 0 Å². The van der Waals surface area contributed by atoms with E-state index in [1.807, 2.05) is 0 Å². The van der Waals surface area contributed by atoms with Gasteiger partial charge >= 0.3 is 11.8 Å². The van der Waals surface area contributed by atoms with Gasteiger partial charge in [-0.25, -0.2) is 4.79 Å². The first-order valence-corrected chi connectivity index (χ1v) is 4.93. The monoisotopic (exact) mass is 225 g/mol. The van der Waals surface area contributed by atoms with Crippen LogP contribution in [0, 0.1) is 23.0 Å². The van der Waals surface area contributed by atoms with E-state index in [0.717, 1.165) is 12.8 Å². The van der Waals surface area contributed by atoms with E-state index in [9.17, 15) is 14.9 Å². The Balaban J connectivity index is 2.35. The number of rotatable bonds is 4. The molecule has 0 bridgehead atoms. The first-order chi connectivity index (χ1) is 7.50. The van der Waals surface area contributed by atoms with E-state index in [1.165, 1.54) is 10.9 Å². The topological polar surface area (TPSA) is 98.3 Å². The number of nitrogens with zero attached hydrogens (tertiary/aromatic N) is 3. The van der Waals surface area contributed by atoms with Gasteiger partial charge in [0.15, 0.2) is 6.04 Å². The van der Waals surface area contributed by atoms with Gasteiger partial charge in [-0.15, -0.1) is 0 Å². The van der Waals surface area contributed by atoms with Crippen molar-refractivity contribution in [1.29, 1.82) is 0 Å². The SMILES string of the molecule is Cc1cn(C(C(=O)O)C2CC2)nc1[N+](=O)[O-]. The lowest BCUT2D eigenvalue weighted by molar-refractivity contribution is -0.390. The van der Waals surface area contributed by atoms with Crippen molar-refractivity contribution in [2.24, 2.45) is 5.92 Å². The molecule has 1 N–H and O–H groups in total. The minimum absolute atomic E-state index is 0.0522. The van der Waals surface area contributed by atoms with Crippen LogP contribution in [0.15, 0.2) is 6.20 Å². The molecule has 0 aliphatic heterocycles. The lowest BCUT2D eigenvalue weighted by Crippen LogP contribution is -2.21. The number of hydrogen-bond donors (Lipinski definition) is 1. The van der Waals surface area contributed by atoms with Crippen LogP contribution in [0.25, 0.3) is 0 Å². The van der Waals surface area contributed by atoms with E-state index in [-0.39, 0.29) is 11.7 Å². The lowest BCUT2D eigenvalue weighted by atomic mass is 10.2. The number of aromatic nitrogens is 2. The molecular formula is C9H11N3O4. The first-order valence-electron chi connectivity index (χ1n) is 4.93. The third-order valence-electron chi connectivity index (χ3n) is 2.67. The molecule has 86 valence electrons. The van der Waals surface area contributed by atoms with Gasteiger partial charge in [-0.2, -0.15) is 4.68 Å². The van der Waals surface area contributed by atoms with Crippen LogP contribution >= 0.6 is 0 Å². The maximum Gasteiger partial charge on any atom is 0.392 e. The van der Waals surface area contributed by atoms with Crippen LogP contribution in [0.2, 0.25) is 0 Å². The second-order valence-corrected chi connectivity index (χ2v) is 3.99. The molecule has 16 heavy (non-hydrogen) atoms. The Bertz CT molecular complexity index is 450. The second kappa shape index (κ2) is 3.58. The Morgan fingerprint density at radius 1 is 1.75 bits per heavy atom. The Morgan fingerprint density at radius 2 is 2.38 bits per heavy atom. The minimum atomic E-state index is -0.986. The predicted molar refractivity (Wildman–Crippen MR) is 53.0 cm³/mol. The van der Waals surface area contributed by atoms with Gasteiger partial charge < -0.3 is 15.2 Å². The molecule has 2 rings (SSSR count). The Morgan fingerprint density at radius 3 is 2.75 bits per heavy atom. The molecule has 0 aromatic carbocycles. The summed E-state index contributed by atoms with van der Waals surface area (Å²) in [4.78, 5) is 21.0. The smallest absolute Gasteiger partial charge is 0.392 e. The van der Waals surface area contributed by atoms with Crippen LogP contribution in [0.3, 0.4) is 0 Å². The Kier molecular flexibility index (Phi) is 2.37. The van der Waals surface area contributed by atoms with Gasteiger partial charge in [-0.05, 0) is 30.6 Å². The second-order valence-electron chi connectivity index (χ2n) is 3.99. The number of carbonyl (C=O) groups is 1. The molecular weight excluding hydrogens is 214 g/mol. The van der Waals surface area contributed by atoms with E-state index in [1.54, 1.807) is 6.92 Å². The molecule has 1 atom stereocenters. The Hall–Kier alpha value is -1.92. The van der Waals surface area contributed by atoms with Gasteiger partial charge in [0.05, 0.1) is 16.9 Å². The fourth-order valence-electron chi connectivity index (χ4n) is 1.74. The number of hydrogen-bond acceptors (Lipinski definition) is 4. The van der Waals surface area contributed by atoms with Crippen molar-refractivity contribution in [3.8, 4) is 0 Å². The molecule has 7 heteroatoms. The zero-order valence-corrected chi connectivity index (χ0v) is 8.66. The fourth-order valence-corrected chi connectivity index (χ4v) is 1.74.